The number of halogens is 1. The zero-order valence-corrected chi connectivity index (χ0v) is 12.7. The van der Waals surface area contributed by atoms with Gasteiger partial charge in [-0.3, -0.25) is 4.79 Å². The average molecular weight is 297 g/mol. The van der Waals surface area contributed by atoms with Gasteiger partial charge in [0, 0.05) is 23.4 Å². The number of hydrogen-bond acceptors (Lipinski definition) is 3. The summed E-state index contributed by atoms with van der Waals surface area (Å²) in [6.45, 7) is 5.19. The van der Waals surface area contributed by atoms with Crippen LogP contribution in [-0.2, 0) is 9.53 Å². The second kappa shape index (κ2) is 6.57. The van der Waals surface area contributed by atoms with E-state index in [9.17, 15) is 4.79 Å². The normalized spacial score (nSPS) is 21.4. The van der Waals surface area contributed by atoms with Crippen LogP contribution in [0.5, 0.6) is 0 Å². The van der Waals surface area contributed by atoms with E-state index in [0.717, 1.165) is 25.1 Å². The summed E-state index contributed by atoms with van der Waals surface area (Å²) in [5, 5.41) is 6.73. The third kappa shape index (κ3) is 4.78. The van der Waals surface area contributed by atoms with Crippen LogP contribution in [0, 0.1) is 0 Å². The van der Waals surface area contributed by atoms with Crippen molar-refractivity contribution >= 4 is 23.2 Å². The minimum atomic E-state index is -0.112. The van der Waals surface area contributed by atoms with Gasteiger partial charge in [-0.05, 0) is 44.9 Å². The van der Waals surface area contributed by atoms with Crippen molar-refractivity contribution in [2.45, 2.75) is 38.3 Å². The molecular weight excluding hydrogens is 276 g/mol. The summed E-state index contributed by atoms with van der Waals surface area (Å²) in [5.41, 5.74) is 0.607. The van der Waals surface area contributed by atoms with Crippen LogP contribution in [0.3, 0.4) is 0 Å². The molecule has 0 aromatic heterocycles. The first-order valence-corrected chi connectivity index (χ1v) is 7.25. The molecule has 1 amide bonds. The summed E-state index contributed by atoms with van der Waals surface area (Å²) in [7, 11) is 0. The molecule has 20 heavy (non-hydrogen) atoms. The molecule has 1 heterocycles. The first kappa shape index (κ1) is 15.3. The molecule has 1 aliphatic rings. The lowest BCUT2D eigenvalue weighted by Gasteiger charge is -2.35. The van der Waals surface area contributed by atoms with Crippen LogP contribution < -0.4 is 10.6 Å². The van der Waals surface area contributed by atoms with Gasteiger partial charge in [-0.1, -0.05) is 17.7 Å². The van der Waals surface area contributed by atoms with E-state index in [2.05, 4.69) is 24.5 Å². The number of carbonyl (C=O) groups excluding carboxylic acids is 1. The third-order valence-electron chi connectivity index (χ3n) is 3.36. The fourth-order valence-electron chi connectivity index (χ4n) is 2.41. The van der Waals surface area contributed by atoms with Gasteiger partial charge >= 0.3 is 0 Å². The molecular formula is C15H21ClN2O2. The number of amides is 1. The molecule has 1 aromatic rings. The Morgan fingerprint density at radius 1 is 1.50 bits per heavy atom. The van der Waals surface area contributed by atoms with E-state index in [0.29, 0.717) is 17.6 Å². The molecule has 5 heteroatoms. The first-order chi connectivity index (χ1) is 9.44. The Balaban J connectivity index is 1.78. The molecule has 1 atom stereocenters. The maximum Gasteiger partial charge on any atom is 0.238 e. The van der Waals surface area contributed by atoms with E-state index < -0.39 is 0 Å². The Morgan fingerprint density at radius 3 is 3.00 bits per heavy atom. The van der Waals surface area contributed by atoms with Gasteiger partial charge in [0.1, 0.15) is 0 Å². The fourth-order valence-corrected chi connectivity index (χ4v) is 2.60. The van der Waals surface area contributed by atoms with Gasteiger partial charge in [-0.15, -0.1) is 0 Å². The molecule has 1 aliphatic heterocycles. The largest absolute Gasteiger partial charge is 0.375 e. The Bertz CT molecular complexity index is 477. The summed E-state index contributed by atoms with van der Waals surface area (Å²) >= 11 is 5.88. The molecule has 0 saturated carbocycles. The SMILES string of the molecule is CC1(C)CC(NCC(=O)Nc2cccc(Cl)c2)CCO1. The van der Waals surface area contributed by atoms with Crippen LogP contribution in [-0.4, -0.2) is 30.7 Å². The number of hydrogen-bond donors (Lipinski definition) is 2. The van der Waals surface area contributed by atoms with Crippen LogP contribution in [0.15, 0.2) is 24.3 Å². The second-order valence-electron chi connectivity index (χ2n) is 5.74. The van der Waals surface area contributed by atoms with Crippen molar-refractivity contribution in [2.75, 3.05) is 18.5 Å². The summed E-state index contributed by atoms with van der Waals surface area (Å²) in [5.74, 6) is -0.0587. The van der Waals surface area contributed by atoms with Crippen LogP contribution in [0.4, 0.5) is 5.69 Å². The third-order valence-corrected chi connectivity index (χ3v) is 3.59. The number of benzene rings is 1. The van der Waals surface area contributed by atoms with Crippen LogP contribution in [0.1, 0.15) is 26.7 Å². The molecule has 0 radical (unpaired) electrons. The molecule has 0 spiro atoms. The molecule has 110 valence electrons. The fraction of sp³-hybridized carbons (Fsp3) is 0.533. The van der Waals surface area contributed by atoms with E-state index in [1.807, 2.05) is 12.1 Å². The summed E-state index contributed by atoms with van der Waals surface area (Å²) < 4.78 is 5.66. The Morgan fingerprint density at radius 2 is 2.30 bits per heavy atom. The maximum absolute atomic E-state index is 11.9. The zero-order chi connectivity index (χ0) is 14.6. The number of carbonyl (C=O) groups is 1. The van der Waals surface area contributed by atoms with Gasteiger partial charge in [0.05, 0.1) is 12.1 Å². The topological polar surface area (TPSA) is 50.4 Å². The maximum atomic E-state index is 11.9. The zero-order valence-electron chi connectivity index (χ0n) is 11.9. The number of anilines is 1. The number of ether oxygens (including phenoxy) is 1. The average Bonchev–Trinajstić information content (AvgIpc) is 2.35. The lowest BCUT2D eigenvalue weighted by molar-refractivity contribution is -0.116. The smallest absolute Gasteiger partial charge is 0.238 e. The highest BCUT2D eigenvalue weighted by atomic mass is 35.5. The molecule has 1 unspecified atom stereocenters. The van der Waals surface area contributed by atoms with Crippen molar-refractivity contribution < 1.29 is 9.53 Å². The minimum Gasteiger partial charge on any atom is -0.375 e. The van der Waals surface area contributed by atoms with Gasteiger partial charge in [0.15, 0.2) is 0 Å². The van der Waals surface area contributed by atoms with Gasteiger partial charge in [0.2, 0.25) is 5.91 Å². The molecule has 2 rings (SSSR count). The first-order valence-electron chi connectivity index (χ1n) is 6.87. The predicted octanol–water partition coefficient (Wildman–Crippen LogP) is 2.83. The van der Waals surface area contributed by atoms with Crippen LogP contribution >= 0.6 is 11.6 Å². The monoisotopic (exact) mass is 296 g/mol. The van der Waals surface area contributed by atoms with Crippen molar-refractivity contribution in [3.05, 3.63) is 29.3 Å². The summed E-state index contributed by atoms with van der Waals surface area (Å²) in [6.07, 6.45) is 1.85. The Hall–Kier alpha value is -1.10. The molecule has 4 nitrogen and oxygen atoms in total. The van der Waals surface area contributed by atoms with Gasteiger partial charge in [-0.2, -0.15) is 0 Å². The molecule has 2 N–H and O–H groups in total. The molecule has 1 saturated heterocycles. The Kier molecular flexibility index (Phi) is 5.02. The van der Waals surface area contributed by atoms with Crippen LogP contribution in [0.2, 0.25) is 5.02 Å². The van der Waals surface area contributed by atoms with Gasteiger partial charge in [0.25, 0.3) is 0 Å². The van der Waals surface area contributed by atoms with E-state index in [1.165, 1.54) is 0 Å². The molecule has 1 fully saturated rings. The molecule has 0 bridgehead atoms. The second-order valence-corrected chi connectivity index (χ2v) is 6.17. The summed E-state index contributed by atoms with van der Waals surface area (Å²) in [6, 6.07) is 7.47. The lowest BCUT2D eigenvalue weighted by atomic mass is 9.94. The molecule has 1 aromatic carbocycles. The van der Waals surface area contributed by atoms with Crippen molar-refractivity contribution in [3.8, 4) is 0 Å². The lowest BCUT2D eigenvalue weighted by Crippen LogP contribution is -2.45. The predicted molar refractivity (Wildman–Crippen MR) is 81.1 cm³/mol. The minimum absolute atomic E-state index is 0.0587. The van der Waals surface area contributed by atoms with Crippen molar-refractivity contribution in [2.24, 2.45) is 0 Å². The van der Waals surface area contributed by atoms with Gasteiger partial charge in [-0.25, -0.2) is 0 Å². The highest BCUT2D eigenvalue weighted by Gasteiger charge is 2.28. The van der Waals surface area contributed by atoms with Crippen LogP contribution in [0.25, 0.3) is 0 Å². The number of nitrogens with one attached hydrogen (secondary N) is 2. The van der Waals surface area contributed by atoms with Gasteiger partial charge < -0.3 is 15.4 Å². The summed E-state index contributed by atoms with van der Waals surface area (Å²) in [4.78, 5) is 11.9. The van der Waals surface area contributed by atoms with E-state index in [-0.39, 0.29) is 11.5 Å². The quantitative estimate of drug-likeness (QED) is 0.898. The van der Waals surface area contributed by atoms with E-state index in [1.54, 1.807) is 12.1 Å². The Labute approximate surface area is 124 Å². The highest BCUT2D eigenvalue weighted by molar-refractivity contribution is 6.30. The highest BCUT2D eigenvalue weighted by Crippen LogP contribution is 2.23. The molecule has 0 aliphatic carbocycles. The van der Waals surface area contributed by atoms with E-state index in [4.69, 9.17) is 16.3 Å². The van der Waals surface area contributed by atoms with E-state index >= 15 is 0 Å². The number of rotatable bonds is 4. The van der Waals surface area contributed by atoms with Crippen molar-refractivity contribution in [1.29, 1.82) is 0 Å². The van der Waals surface area contributed by atoms with Crippen molar-refractivity contribution in [3.63, 3.8) is 0 Å². The van der Waals surface area contributed by atoms with Crippen molar-refractivity contribution in [1.82, 2.24) is 5.32 Å². The standard InChI is InChI=1S/C15H21ClN2O2/c1-15(2)9-13(6-7-20-15)17-10-14(19)18-12-5-3-4-11(16)8-12/h3-5,8,13,17H,6-7,9-10H2,1-2H3,(H,18,19).